The maximum Gasteiger partial charge on any atom is 0.310 e. The highest BCUT2D eigenvalue weighted by atomic mass is 16.5. The van der Waals surface area contributed by atoms with Gasteiger partial charge in [-0.1, -0.05) is 0 Å². The topological polar surface area (TPSA) is 50.7 Å². The van der Waals surface area contributed by atoms with Gasteiger partial charge in [-0.2, -0.15) is 5.10 Å². The smallest absolute Gasteiger partial charge is 0.310 e. The first kappa shape index (κ1) is 7.05. The number of ether oxygens (including phenoxy) is 1. The lowest BCUT2D eigenvalue weighted by Gasteiger charge is -2.14. The van der Waals surface area contributed by atoms with E-state index in [1.54, 1.807) is 6.21 Å². The number of nitrogens with zero attached hydrogens (tertiary/aromatic N) is 1. The number of carbonyl (C=O) groups excluding carboxylic acids is 1. The van der Waals surface area contributed by atoms with Gasteiger partial charge in [0, 0.05) is 12.8 Å². The van der Waals surface area contributed by atoms with Crippen LogP contribution in [-0.2, 0) is 9.53 Å². The Hall–Kier alpha value is -1.06. The second-order valence-electron chi connectivity index (χ2n) is 2.13. The van der Waals surface area contributed by atoms with E-state index in [1.807, 2.05) is 0 Å². The standard InChI is InChI=1S/C6H10N2O2/c1-10-6(9)5-2-3-7-8-4-5/h3,5,8H,2,4H2,1H3. The molecule has 56 valence electrons. The summed E-state index contributed by atoms with van der Waals surface area (Å²) in [7, 11) is 1.40. The molecule has 0 spiro atoms. The van der Waals surface area contributed by atoms with Crippen LogP contribution in [0.15, 0.2) is 5.10 Å². The van der Waals surface area contributed by atoms with Crippen LogP contribution in [0.1, 0.15) is 6.42 Å². The van der Waals surface area contributed by atoms with E-state index >= 15 is 0 Å². The minimum Gasteiger partial charge on any atom is -0.469 e. The monoisotopic (exact) mass is 142 g/mol. The van der Waals surface area contributed by atoms with Crippen LogP contribution in [0.25, 0.3) is 0 Å². The van der Waals surface area contributed by atoms with Crippen molar-refractivity contribution in [1.29, 1.82) is 0 Å². The van der Waals surface area contributed by atoms with Crippen molar-refractivity contribution in [2.75, 3.05) is 13.7 Å². The number of rotatable bonds is 1. The molecule has 10 heavy (non-hydrogen) atoms. The van der Waals surface area contributed by atoms with Gasteiger partial charge in [-0.3, -0.25) is 4.79 Å². The molecule has 1 N–H and O–H groups in total. The van der Waals surface area contributed by atoms with Crippen LogP contribution in [0, 0.1) is 5.92 Å². The SMILES string of the molecule is COC(=O)C1CC=NNC1. The van der Waals surface area contributed by atoms with Crippen molar-refractivity contribution in [3.8, 4) is 0 Å². The fraction of sp³-hybridized carbons (Fsp3) is 0.667. The number of hydrogen-bond acceptors (Lipinski definition) is 4. The molecule has 0 saturated heterocycles. The van der Waals surface area contributed by atoms with Gasteiger partial charge in [0.25, 0.3) is 0 Å². The number of hydrazone groups is 1. The first-order valence-electron chi connectivity index (χ1n) is 3.17. The molecule has 0 bridgehead atoms. The number of hydrogen-bond donors (Lipinski definition) is 1. The summed E-state index contributed by atoms with van der Waals surface area (Å²) >= 11 is 0. The van der Waals surface area contributed by atoms with Crippen LogP contribution < -0.4 is 5.43 Å². The molecule has 0 aromatic rings. The normalized spacial score (nSPS) is 23.5. The van der Waals surface area contributed by atoms with Crippen LogP contribution in [0.3, 0.4) is 0 Å². The summed E-state index contributed by atoms with van der Waals surface area (Å²) in [6, 6.07) is 0. The first-order chi connectivity index (χ1) is 4.84. The van der Waals surface area contributed by atoms with Gasteiger partial charge >= 0.3 is 5.97 Å². The van der Waals surface area contributed by atoms with Gasteiger partial charge in [-0.15, -0.1) is 0 Å². The van der Waals surface area contributed by atoms with Gasteiger partial charge in [0.15, 0.2) is 0 Å². The summed E-state index contributed by atoms with van der Waals surface area (Å²) in [6.07, 6.45) is 2.37. The van der Waals surface area contributed by atoms with Crippen LogP contribution in [-0.4, -0.2) is 25.8 Å². The molecule has 0 saturated carbocycles. The Bertz CT molecular complexity index is 156. The average Bonchev–Trinajstić information content (AvgIpc) is 2.05. The van der Waals surface area contributed by atoms with E-state index in [0.29, 0.717) is 13.0 Å². The van der Waals surface area contributed by atoms with Crippen molar-refractivity contribution in [1.82, 2.24) is 5.43 Å². The molecule has 1 aliphatic rings. The van der Waals surface area contributed by atoms with Gasteiger partial charge in [0.1, 0.15) is 0 Å². The molecule has 1 aliphatic heterocycles. The zero-order valence-corrected chi connectivity index (χ0v) is 5.83. The molecule has 1 unspecified atom stereocenters. The molecular formula is C6H10N2O2. The van der Waals surface area contributed by atoms with E-state index in [-0.39, 0.29) is 11.9 Å². The van der Waals surface area contributed by atoms with Crippen molar-refractivity contribution in [3.63, 3.8) is 0 Å². The number of nitrogens with one attached hydrogen (secondary N) is 1. The molecule has 0 radical (unpaired) electrons. The lowest BCUT2D eigenvalue weighted by atomic mass is 10.1. The summed E-state index contributed by atoms with van der Waals surface area (Å²) < 4.78 is 4.55. The molecule has 0 aliphatic carbocycles. The average molecular weight is 142 g/mol. The van der Waals surface area contributed by atoms with Crippen molar-refractivity contribution >= 4 is 12.2 Å². The third-order valence-corrected chi connectivity index (χ3v) is 1.44. The minimum atomic E-state index is -0.168. The number of methoxy groups -OCH3 is 1. The van der Waals surface area contributed by atoms with Crippen molar-refractivity contribution in [3.05, 3.63) is 0 Å². The Morgan fingerprint density at radius 2 is 2.70 bits per heavy atom. The van der Waals surface area contributed by atoms with E-state index in [4.69, 9.17) is 0 Å². The van der Waals surface area contributed by atoms with Crippen LogP contribution >= 0.6 is 0 Å². The molecule has 1 rings (SSSR count). The Labute approximate surface area is 59.2 Å². The summed E-state index contributed by atoms with van der Waals surface area (Å²) in [5.41, 5.74) is 2.72. The molecule has 4 nitrogen and oxygen atoms in total. The van der Waals surface area contributed by atoms with Crippen molar-refractivity contribution in [2.24, 2.45) is 11.0 Å². The largest absolute Gasteiger partial charge is 0.469 e. The second-order valence-corrected chi connectivity index (χ2v) is 2.13. The first-order valence-corrected chi connectivity index (χ1v) is 3.17. The maximum absolute atomic E-state index is 10.8. The lowest BCUT2D eigenvalue weighted by Crippen LogP contribution is -2.30. The maximum atomic E-state index is 10.8. The fourth-order valence-corrected chi connectivity index (χ4v) is 0.837. The molecule has 0 aromatic carbocycles. The second kappa shape index (κ2) is 3.20. The third kappa shape index (κ3) is 1.46. The third-order valence-electron chi connectivity index (χ3n) is 1.44. The highest BCUT2D eigenvalue weighted by molar-refractivity contribution is 5.77. The Morgan fingerprint density at radius 1 is 1.90 bits per heavy atom. The highest BCUT2D eigenvalue weighted by Crippen LogP contribution is 2.04. The van der Waals surface area contributed by atoms with Crippen LogP contribution in [0.5, 0.6) is 0 Å². The summed E-state index contributed by atoms with van der Waals surface area (Å²) in [5.74, 6) is -0.221. The molecule has 1 atom stereocenters. The zero-order valence-electron chi connectivity index (χ0n) is 5.83. The molecule has 0 fully saturated rings. The van der Waals surface area contributed by atoms with E-state index in [2.05, 4.69) is 15.3 Å². The molecule has 1 heterocycles. The number of esters is 1. The van der Waals surface area contributed by atoms with Crippen molar-refractivity contribution < 1.29 is 9.53 Å². The summed E-state index contributed by atoms with van der Waals surface area (Å²) in [4.78, 5) is 10.8. The van der Waals surface area contributed by atoms with E-state index < -0.39 is 0 Å². The minimum absolute atomic E-state index is 0.0532. The quantitative estimate of drug-likeness (QED) is 0.514. The van der Waals surface area contributed by atoms with E-state index in [9.17, 15) is 4.79 Å². The molecule has 4 heteroatoms. The van der Waals surface area contributed by atoms with Gasteiger partial charge in [0.2, 0.25) is 0 Å². The van der Waals surface area contributed by atoms with Gasteiger partial charge < -0.3 is 10.2 Å². The number of carbonyl (C=O) groups is 1. The molecular weight excluding hydrogens is 132 g/mol. The van der Waals surface area contributed by atoms with Crippen molar-refractivity contribution in [2.45, 2.75) is 6.42 Å². The zero-order chi connectivity index (χ0) is 7.40. The van der Waals surface area contributed by atoms with Crippen LogP contribution in [0.2, 0.25) is 0 Å². The summed E-state index contributed by atoms with van der Waals surface area (Å²) in [5, 5.41) is 3.76. The Balaban J connectivity index is 2.41. The van der Waals surface area contributed by atoms with Gasteiger partial charge in [0.05, 0.1) is 13.0 Å². The predicted octanol–water partition coefficient (Wildman–Crippen LogP) is -0.245. The highest BCUT2D eigenvalue weighted by Gasteiger charge is 2.19. The predicted molar refractivity (Wildman–Crippen MR) is 36.6 cm³/mol. The van der Waals surface area contributed by atoms with Crippen LogP contribution in [0.4, 0.5) is 0 Å². The molecule has 0 aromatic heterocycles. The lowest BCUT2D eigenvalue weighted by molar-refractivity contribution is -0.145. The fourth-order valence-electron chi connectivity index (χ4n) is 0.837. The van der Waals surface area contributed by atoms with E-state index in [0.717, 1.165) is 0 Å². The van der Waals surface area contributed by atoms with E-state index in [1.165, 1.54) is 7.11 Å². The summed E-state index contributed by atoms with van der Waals surface area (Å²) in [6.45, 7) is 0.586. The van der Waals surface area contributed by atoms with Gasteiger partial charge in [-0.05, 0) is 6.42 Å². The van der Waals surface area contributed by atoms with Gasteiger partial charge in [-0.25, -0.2) is 0 Å². The molecule has 0 amide bonds. The Kier molecular flexibility index (Phi) is 2.25. The Morgan fingerprint density at radius 3 is 3.20 bits per heavy atom.